The van der Waals surface area contributed by atoms with E-state index in [1.54, 1.807) is 12.1 Å². The average molecular weight is 365 g/mol. The van der Waals surface area contributed by atoms with Crippen molar-refractivity contribution in [2.75, 3.05) is 37.3 Å². The molecular formula is C19H28N2O3S. The lowest BCUT2D eigenvalue weighted by Crippen LogP contribution is -2.39. The summed E-state index contributed by atoms with van der Waals surface area (Å²) in [6.45, 7) is 3.28. The fourth-order valence-corrected chi connectivity index (χ4v) is 4.54. The molecule has 1 aromatic rings. The second kappa shape index (κ2) is 7.77. The highest BCUT2D eigenvalue weighted by Gasteiger charge is 2.27. The van der Waals surface area contributed by atoms with E-state index in [1.165, 1.54) is 25.5 Å². The Morgan fingerprint density at radius 2 is 1.60 bits per heavy atom. The van der Waals surface area contributed by atoms with Crippen molar-refractivity contribution in [3.05, 3.63) is 24.3 Å². The summed E-state index contributed by atoms with van der Waals surface area (Å²) in [5, 5.41) is 0. The van der Waals surface area contributed by atoms with Gasteiger partial charge in [-0.3, -0.25) is 4.79 Å². The fraction of sp³-hybridized carbons (Fsp3) is 0.632. The molecule has 25 heavy (non-hydrogen) atoms. The zero-order chi connectivity index (χ0) is 17.9. The number of hydrogen-bond acceptors (Lipinski definition) is 4. The van der Waals surface area contributed by atoms with Crippen molar-refractivity contribution in [1.29, 1.82) is 0 Å². The molecule has 1 saturated heterocycles. The summed E-state index contributed by atoms with van der Waals surface area (Å²) < 4.78 is 23.2. The van der Waals surface area contributed by atoms with Crippen molar-refractivity contribution in [3.63, 3.8) is 0 Å². The van der Waals surface area contributed by atoms with Gasteiger partial charge in [0.05, 0.1) is 4.90 Å². The van der Waals surface area contributed by atoms with Crippen LogP contribution in [0.15, 0.2) is 29.2 Å². The first-order valence-electron chi connectivity index (χ1n) is 9.29. The summed E-state index contributed by atoms with van der Waals surface area (Å²) in [5.41, 5.74) is 1.03. The van der Waals surface area contributed by atoms with Crippen molar-refractivity contribution in [2.45, 2.75) is 43.4 Å². The Labute approximate surface area is 150 Å². The van der Waals surface area contributed by atoms with Gasteiger partial charge in [-0.25, -0.2) is 8.42 Å². The zero-order valence-electron chi connectivity index (χ0n) is 15.0. The minimum Gasteiger partial charge on any atom is -0.370 e. The molecule has 1 aliphatic heterocycles. The van der Waals surface area contributed by atoms with E-state index in [0.717, 1.165) is 51.1 Å². The van der Waals surface area contributed by atoms with Crippen LogP contribution in [-0.4, -0.2) is 51.7 Å². The SMILES string of the molecule is CS(=O)(=O)c1ccc(N2CCCN(C(=O)C3CCCCC3)CC2)cc1. The Hall–Kier alpha value is -1.56. The van der Waals surface area contributed by atoms with Gasteiger partial charge in [0.15, 0.2) is 9.84 Å². The van der Waals surface area contributed by atoms with Crippen LogP contribution in [0.3, 0.4) is 0 Å². The summed E-state index contributed by atoms with van der Waals surface area (Å²) in [6, 6.07) is 7.07. The largest absolute Gasteiger partial charge is 0.370 e. The molecule has 2 aliphatic rings. The molecule has 0 bridgehead atoms. The van der Waals surface area contributed by atoms with Crippen LogP contribution in [0, 0.1) is 5.92 Å². The fourth-order valence-electron chi connectivity index (χ4n) is 3.91. The van der Waals surface area contributed by atoms with Gasteiger partial charge < -0.3 is 9.80 Å². The first-order valence-corrected chi connectivity index (χ1v) is 11.2. The first kappa shape index (κ1) is 18.2. The molecule has 1 aromatic carbocycles. The van der Waals surface area contributed by atoms with E-state index < -0.39 is 9.84 Å². The minimum absolute atomic E-state index is 0.231. The average Bonchev–Trinajstić information content (AvgIpc) is 2.87. The van der Waals surface area contributed by atoms with Crippen molar-refractivity contribution in [3.8, 4) is 0 Å². The van der Waals surface area contributed by atoms with E-state index in [0.29, 0.717) is 10.8 Å². The quantitative estimate of drug-likeness (QED) is 0.827. The van der Waals surface area contributed by atoms with Gasteiger partial charge in [-0.05, 0) is 43.5 Å². The van der Waals surface area contributed by atoms with Crippen LogP contribution in [-0.2, 0) is 14.6 Å². The molecule has 1 heterocycles. The number of nitrogens with zero attached hydrogens (tertiary/aromatic N) is 2. The predicted octanol–water partition coefficient (Wildman–Crippen LogP) is 2.71. The summed E-state index contributed by atoms with van der Waals surface area (Å²) in [5.74, 6) is 0.573. The number of carbonyl (C=O) groups is 1. The van der Waals surface area contributed by atoms with Gasteiger partial charge >= 0.3 is 0 Å². The van der Waals surface area contributed by atoms with Crippen molar-refractivity contribution in [1.82, 2.24) is 4.90 Å². The molecule has 6 heteroatoms. The van der Waals surface area contributed by atoms with E-state index in [1.807, 2.05) is 17.0 Å². The number of hydrogen-bond donors (Lipinski definition) is 0. The monoisotopic (exact) mass is 364 g/mol. The number of anilines is 1. The van der Waals surface area contributed by atoms with Crippen LogP contribution in [0.2, 0.25) is 0 Å². The third kappa shape index (κ3) is 4.54. The highest BCUT2D eigenvalue weighted by Crippen LogP contribution is 2.26. The summed E-state index contributed by atoms with van der Waals surface area (Å²) in [4.78, 5) is 17.4. The van der Waals surface area contributed by atoms with Crippen LogP contribution in [0.25, 0.3) is 0 Å². The number of amides is 1. The van der Waals surface area contributed by atoms with E-state index in [2.05, 4.69) is 4.90 Å². The molecule has 0 atom stereocenters. The standard InChI is InChI=1S/C19H28N2O3S/c1-25(23,24)18-10-8-17(9-11-18)20-12-5-13-21(15-14-20)19(22)16-6-3-2-4-7-16/h8-11,16H,2-7,12-15H2,1H3. The molecule has 0 unspecified atom stereocenters. The van der Waals surface area contributed by atoms with Gasteiger partial charge in [-0.15, -0.1) is 0 Å². The maximum absolute atomic E-state index is 12.7. The maximum Gasteiger partial charge on any atom is 0.225 e. The topological polar surface area (TPSA) is 57.7 Å². The van der Waals surface area contributed by atoms with Crippen molar-refractivity contribution < 1.29 is 13.2 Å². The highest BCUT2D eigenvalue weighted by atomic mass is 32.2. The van der Waals surface area contributed by atoms with Crippen LogP contribution in [0.4, 0.5) is 5.69 Å². The van der Waals surface area contributed by atoms with Crippen LogP contribution in [0.5, 0.6) is 0 Å². The third-order valence-corrected chi connectivity index (χ3v) is 6.52. The molecular weight excluding hydrogens is 336 g/mol. The molecule has 5 nitrogen and oxygen atoms in total. The maximum atomic E-state index is 12.7. The zero-order valence-corrected chi connectivity index (χ0v) is 15.8. The number of benzene rings is 1. The molecule has 0 spiro atoms. The molecule has 1 amide bonds. The molecule has 3 rings (SSSR count). The number of rotatable bonds is 3. The summed E-state index contributed by atoms with van der Waals surface area (Å²) in [7, 11) is -3.16. The molecule has 1 saturated carbocycles. The van der Waals surface area contributed by atoms with Gasteiger partial charge in [0, 0.05) is 44.0 Å². The Bertz CT molecular complexity index is 694. The lowest BCUT2D eigenvalue weighted by Gasteiger charge is -2.28. The lowest BCUT2D eigenvalue weighted by molar-refractivity contribution is -0.136. The molecule has 1 aliphatic carbocycles. The predicted molar refractivity (Wildman–Crippen MR) is 99.5 cm³/mol. The van der Waals surface area contributed by atoms with E-state index >= 15 is 0 Å². The van der Waals surface area contributed by atoms with Gasteiger partial charge in [0.25, 0.3) is 0 Å². The van der Waals surface area contributed by atoms with Gasteiger partial charge in [0.2, 0.25) is 5.91 Å². The Morgan fingerprint density at radius 1 is 0.920 bits per heavy atom. The number of sulfone groups is 1. The molecule has 0 radical (unpaired) electrons. The Morgan fingerprint density at radius 3 is 2.24 bits per heavy atom. The molecule has 0 N–H and O–H groups in total. The van der Waals surface area contributed by atoms with Gasteiger partial charge in [-0.1, -0.05) is 19.3 Å². The molecule has 0 aromatic heterocycles. The molecule has 2 fully saturated rings. The Balaban J connectivity index is 1.62. The second-order valence-electron chi connectivity index (χ2n) is 7.27. The number of carbonyl (C=O) groups excluding carboxylic acids is 1. The third-order valence-electron chi connectivity index (χ3n) is 5.39. The van der Waals surface area contributed by atoms with E-state index in [4.69, 9.17) is 0 Å². The van der Waals surface area contributed by atoms with Crippen LogP contribution >= 0.6 is 0 Å². The smallest absolute Gasteiger partial charge is 0.225 e. The normalized spacial score (nSPS) is 20.4. The van der Waals surface area contributed by atoms with E-state index in [9.17, 15) is 13.2 Å². The lowest BCUT2D eigenvalue weighted by atomic mass is 9.88. The second-order valence-corrected chi connectivity index (χ2v) is 9.28. The van der Waals surface area contributed by atoms with Gasteiger partial charge in [-0.2, -0.15) is 0 Å². The first-order chi connectivity index (χ1) is 11.9. The van der Waals surface area contributed by atoms with E-state index in [-0.39, 0.29) is 5.92 Å². The van der Waals surface area contributed by atoms with Crippen molar-refractivity contribution in [2.24, 2.45) is 5.92 Å². The molecule has 138 valence electrons. The van der Waals surface area contributed by atoms with Crippen molar-refractivity contribution >= 4 is 21.4 Å². The van der Waals surface area contributed by atoms with Gasteiger partial charge in [0.1, 0.15) is 0 Å². The minimum atomic E-state index is -3.16. The summed E-state index contributed by atoms with van der Waals surface area (Å²) in [6.07, 6.45) is 7.90. The highest BCUT2D eigenvalue weighted by molar-refractivity contribution is 7.90. The summed E-state index contributed by atoms with van der Waals surface area (Å²) >= 11 is 0. The van der Waals surface area contributed by atoms with Crippen LogP contribution in [0.1, 0.15) is 38.5 Å². The Kier molecular flexibility index (Phi) is 5.67. The van der Waals surface area contributed by atoms with Crippen LogP contribution < -0.4 is 4.90 Å².